The number of nitrogens with one attached hydrogen (secondary N) is 1. The predicted molar refractivity (Wildman–Crippen MR) is 87.1 cm³/mol. The summed E-state index contributed by atoms with van der Waals surface area (Å²) in [6, 6.07) is 11.5. The molecule has 1 amide bonds. The van der Waals surface area contributed by atoms with Crippen molar-refractivity contribution in [1.29, 1.82) is 5.26 Å². The molecule has 6 heteroatoms. The summed E-state index contributed by atoms with van der Waals surface area (Å²) in [4.78, 5) is 14.0. The van der Waals surface area contributed by atoms with E-state index in [1.54, 1.807) is 43.1 Å². The monoisotopic (exact) mass is 329 g/mol. The zero-order valence-corrected chi connectivity index (χ0v) is 13.4. The number of hydrogen-bond acceptors (Lipinski definition) is 3. The van der Waals surface area contributed by atoms with Gasteiger partial charge in [0.15, 0.2) is 0 Å². The highest BCUT2D eigenvalue weighted by atomic mass is 19.1. The lowest BCUT2D eigenvalue weighted by Crippen LogP contribution is -2.39. The van der Waals surface area contributed by atoms with Gasteiger partial charge in [-0.05, 0) is 32.2 Å². The van der Waals surface area contributed by atoms with Crippen LogP contribution in [0.1, 0.15) is 18.1 Å². The van der Waals surface area contributed by atoms with E-state index in [1.165, 1.54) is 12.1 Å². The van der Waals surface area contributed by atoms with E-state index in [9.17, 15) is 13.6 Å². The molecule has 2 rings (SSSR count). The number of halogens is 2. The molecule has 2 aromatic carbocycles. The lowest BCUT2D eigenvalue weighted by molar-refractivity contribution is -0.120. The Morgan fingerprint density at radius 3 is 2.67 bits per heavy atom. The summed E-state index contributed by atoms with van der Waals surface area (Å²) in [5.41, 5.74) is 1.10. The molecule has 4 nitrogen and oxygen atoms in total. The Labute approximate surface area is 139 Å². The van der Waals surface area contributed by atoms with E-state index in [4.69, 9.17) is 5.26 Å². The number of hydrogen-bond donors (Lipinski definition) is 1. The second kappa shape index (κ2) is 7.66. The number of benzene rings is 2. The Bertz CT molecular complexity index is 786. The maximum absolute atomic E-state index is 13.7. The summed E-state index contributed by atoms with van der Waals surface area (Å²) in [5, 5.41) is 11.7. The molecule has 0 aliphatic carbocycles. The van der Waals surface area contributed by atoms with Gasteiger partial charge >= 0.3 is 0 Å². The number of anilines is 1. The van der Waals surface area contributed by atoms with Crippen LogP contribution < -0.4 is 5.32 Å². The van der Waals surface area contributed by atoms with Gasteiger partial charge in [-0.25, -0.2) is 8.78 Å². The zero-order chi connectivity index (χ0) is 17.7. The van der Waals surface area contributed by atoms with Crippen molar-refractivity contribution in [3.63, 3.8) is 0 Å². The smallest absolute Gasteiger partial charge is 0.241 e. The number of likely N-dealkylation sites (N-methyl/N-ethyl adjacent to an activating group) is 1. The third kappa shape index (κ3) is 4.15. The normalized spacial score (nSPS) is 11.8. The van der Waals surface area contributed by atoms with Gasteiger partial charge in [-0.1, -0.05) is 18.2 Å². The Morgan fingerprint density at radius 2 is 2.00 bits per heavy atom. The molecule has 0 saturated carbocycles. The molecular formula is C18H17F2N3O. The minimum Gasteiger partial charge on any atom is -0.324 e. The number of nitriles is 1. The molecule has 24 heavy (non-hydrogen) atoms. The number of carbonyl (C=O) groups excluding carboxylic acids is 1. The fourth-order valence-corrected chi connectivity index (χ4v) is 2.18. The van der Waals surface area contributed by atoms with Gasteiger partial charge in [0, 0.05) is 18.2 Å². The van der Waals surface area contributed by atoms with Crippen LogP contribution >= 0.6 is 0 Å². The second-order valence-corrected chi connectivity index (χ2v) is 5.47. The number of nitrogens with zero attached hydrogens (tertiary/aromatic N) is 2. The topological polar surface area (TPSA) is 56.1 Å². The zero-order valence-electron chi connectivity index (χ0n) is 13.4. The quantitative estimate of drug-likeness (QED) is 0.916. The van der Waals surface area contributed by atoms with Gasteiger partial charge in [-0.15, -0.1) is 0 Å². The van der Waals surface area contributed by atoms with E-state index in [1.807, 2.05) is 6.07 Å². The summed E-state index contributed by atoms with van der Waals surface area (Å²) >= 11 is 0. The van der Waals surface area contributed by atoms with E-state index >= 15 is 0 Å². The van der Waals surface area contributed by atoms with Crippen LogP contribution in [0.4, 0.5) is 14.5 Å². The highest BCUT2D eigenvalue weighted by Gasteiger charge is 2.20. The largest absolute Gasteiger partial charge is 0.324 e. The fraction of sp³-hybridized carbons (Fsp3) is 0.222. The first-order valence-corrected chi connectivity index (χ1v) is 7.36. The molecule has 0 aliphatic heterocycles. The first-order valence-electron chi connectivity index (χ1n) is 7.36. The van der Waals surface area contributed by atoms with Crippen molar-refractivity contribution in [2.24, 2.45) is 0 Å². The van der Waals surface area contributed by atoms with Gasteiger partial charge in [0.2, 0.25) is 5.91 Å². The van der Waals surface area contributed by atoms with Crippen LogP contribution in [0.3, 0.4) is 0 Å². The highest BCUT2D eigenvalue weighted by Crippen LogP contribution is 2.16. The van der Waals surface area contributed by atoms with Crippen LogP contribution in [0, 0.1) is 23.0 Å². The molecule has 2 aromatic rings. The van der Waals surface area contributed by atoms with Gasteiger partial charge in [0.25, 0.3) is 0 Å². The SMILES string of the molecule is C[C@@H](C(=O)Nc1ccccc1C#N)N(C)Cc1ccc(F)cc1F. The molecule has 0 heterocycles. The minimum absolute atomic E-state index is 0.153. The Hall–Kier alpha value is -2.78. The van der Waals surface area contributed by atoms with Crippen molar-refractivity contribution < 1.29 is 13.6 Å². The Balaban J connectivity index is 2.05. The fourth-order valence-electron chi connectivity index (χ4n) is 2.18. The van der Waals surface area contributed by atoms with Crippen molar-refractivity contribution >= 4 is 11.6 Å². The van der Waals surface area contributed by atoms with Crippen LogP contribution in [-0.2, 0) is 11.3 Å². The molecule has 0 aliphatic rings. The summed E-state index contributed by atoms with van der Waals surface area (Å²) < 4.78 is 26.7. The molecule has 1 atom stereocenters. The molecule has 0 spiro atoms. The first-order chi connectivity index (χ1) is 11.4. The lowest BCUT2D eigenvalue weighted by atomic mass is 10.1. The average molecular weight is 329 g/mol. The lowest BCUT2D eigenvalue weighted by Gasteiger charge is -2.24. The molecule has 124 valence electrons. The van der Waals surface area contributed by atoms with Gasteiger partial charge < -0.3 is 5.32 Å². The molecule has 0 unspecified atom stereocenters. The minimum atomic E-state index is -0.649. The summed E-state index contributed by atoms with van der Waals surface area (Å²) in [6.45, 7) is 1.83. The van der Waals surface area contributed by atoms with Gasteiger partial charge in [-0.2, -0.15) is 5.26 Å². The van der Waals surface area contributed by atoms with Crippen molar-refractivity contribution in [1.82, 2.24) is 4.90 Å². The van der Waals surface area contributed by atoms with E-state index in [0.717, 1.165) is 6.07 Å². The third-order valence-electron chi connectivity index (χ3n) is 3.78. The van der Waals surface area contributed by atoms with Crippen LogP contribution in [0.15, 0.2) is 42.5 Å². The maximum atomic E-state index is 13.7. The molecule has 0 bridgehead atoms. The van der Waals surface area contributed by atoms with E-state index in [-0.39, 0.29) is 12.5 Å². The average Bonchev–Trinajstić information content (AvgIpc) is 2.57. The van der Waals surface area contributed by atoms with E-state index in [2.05, 4.69) is 5.32 Å². The van der Waals surface area contributed by atoms with Crippen molar-refractivity contribution in [2.75, 3.05) is 12.4 Å². The molecule has 0 fully saturated rings. The Kier molecular flexibility index (Phi) is 5.61. The maximum Gasteiger partial charge on any atom is 0.241 e. The predicted octanol–water partition coefficient (Wildman–Crippen LogP) is 3.30. The molecular weight excluding hydrogens is 312 g/mol. The number of rotatable bonds is 5. The van der Waals surface area contributed by atoms with Crippen molar-refractivity contribution in [3.8, 4) is 6.07 Å². The third-order valence-corrected chi connectivity index (χ3v) is 3.78. The van der Waals surface area contributed by atoms with E-state index < -0.39 is 17.7 Å². The van der Waals surface area contributed by atoms with Crippen LogP contribution in [-0.4, -0.2) is 23.9 Å². The Morgan fingerprint density at radius 1 is 1.29 bits per heavy atom. The number of para-hydroxylation sites is 1. The standard InChI is InChI=1S/C18H17F2N3O/c1-12(18(24)22-17-6-4-3-5-13(17)10-21)23(2)11-14-7-8-15(19)9-16(14)20/h3-9,12H,11H2,1-2H3,(H,22,24)/t12-/m0/s1. The molecule has 0 aromatic heterocycles. The molecule has 0 radical (unpaired) electrons. The highest BCUT2D eigenvalue weighted by molar-refractivity contribution is 5.95. The number of carbonyl (C=O) groups is 1. The molecule has 1 N–H and O–H groups in total. The summed E-state index contributed by atoms with van der Waals surface area (Å²) in [6.07, 6.45) is 0. The van der Waals surface area contributed by atoms with Gasteiger partial charge in [-0.3, -0.25) is 9.69 Å². The van der Waals surface area contributed by atoms with E-state index in [0.29, 0.717) is 16.8 Å². The summed E-state index contributed by atoms with van der Waals surface area (Å²) in [5.74, 6) is -1.61. The molecule has 0 saturated heterocycles. The number of amides is 1. The van der Waals surface area contributed by atoms with Crippen molar-refractivity contribution in [2.45, 2.75) is 19.5 Å². The van der Waals surface area contributed by atoms with Crippen LogP contribution in [0.25, 0.3) is 0 Å². The van der Waals surface area contributed by atoms with Crippen LogP contribution in [0.2, 0.25) is 0 Å². The van der Waals surface area contributed by atoms with Crippen molar-refractivity contribution in [3.05, 3.63) is 65.2 Å². The second-order valence-electron chi connectivity index (χ2n) is 5.47. The summed E-state index contributed by atoms with van der Waals surface area (Å²) in [7, 11) is 1.67. The van der Waals surface area contributed by atoms with Gasteiger partial charge in [0.05, 0.1) is 17.3 Å². The van der Waals surface area contributed by atoms with Gasteiger partial charge in [0.1, 0.15) is 17.7 Å². The van der Waals surface area contributed by atoms with Crippen LogP contribution in [0.5, 0.6) is 0 Å². The first kappa shape index (κ1) is 17.6.